The highest BCUT2D eigenvalue weighted by atomic mass is 16.5. The molecule has 1 unspecified atom stereocenters. The standard InChI is InChI=1S/C20H31N3O3/c1-16(2)22-7-9-23(10-8-22)20(25)18-5-3-17(4-6-18)13-21-11-12-26-19(14-21)15-24/h3-6,16,19,24H,7-15H2,1-2H3. The lowest BCUT2D eigenvalue weighted by molar-refractivity contribution is -0.0551. The Morgan fingerprint density at radius 2 is 1.85 bits per heavy atom. The highest BCUT2D eigenvalue weighted by molar-refractivity contribution is 5.94. The number of hydrogen-bond donors (Lipinski definition) is 1. The van der Waals surface area contributed by atoms with Crippen LogP contribution in [0.4, 0.5) is 0 Å². The van der Waals surface area contributed by atoms with E-state index in [0.717, 1.165) is 51.4 Å². The molecule has 1 aromatic rings. The quantitative estimate of drug-likeness (QED) is 0.850. The van der Waals surface area contributed by atoms with Crippen molar-refractivity contribution < 1.29 is 14.6 Å². The zero-order valence-electron chi connectivity index (χ0n) is 15.9. The van der Waals surface area contributed by atoms with Crippen LogP contribution in [0.5, 0.6) is 0 Å². The maximum absolute atomic E-state index is 12.7. The summed E-state index contributed by atoms with van der Waals surface area (Å²) in [6.07, 6.45) is -0.0888. The van der Waals surface area contributed by atoms with Crippen LogP contribution in [-0.4, -0.2) is 90.3 Å². The number of aliphatic hydroxyl groups excluding tert-OH is 1. The molecule has 144 valence electrons. The van der Waals surface area contributed by atoms with Crippen molar-refractivity contribution in [2.24, 2.45) is 0 Å². The van der Waals surface area contributed by atoms with Gasteiger partial charge < -0.3 is 14.7 Å². The van der Waals surface area contributed by atoms with E-state index in [1.165, 1.54) is 5.56 Å². The van der Waals surface area contributed by atoms with Crippen molar-refractivity contribution in [3.8, 4) is 0 Å². The Kier molecular flexibility index (Phi) is 6.64. The van der Waals surface area contributed by atoms with Gasteiger partial charge in [0.2, 0.25) is 0 Å². The van der Waals surface area contributed by atoms with Crippen LogP contribution in [0.25, 0.3) is 0 Å². The van der Waals surface area contributed by atoms with Crippen LogP contribution in [0.1, 0.15) is 29.8 Å². The number of morpholine rings is 1. The number of rotatable bonds is 5. The molecular formula is C20H31N3O3. The molecule has 2 fully saturated rings. The van der Waals surface area contributed by atoms with Crippen molar-refractivity contribution in [2.75, 3.05) is 52.5 Å². The molecule has 2 saturated heterocycles. The summed E-state index contributed by atoms with van der Waals surface area (Å²) in [5.74, 6) is 0.131. The molecule has 6 heteroatoms. The number of amides is 1. The number of ether oxygens (including phenoxy) is 1. The second kappa shape index (κ2) is 8.95. The molecule has 1 N–H and O–H groups in total. The average molecular weight is 361 g/mol. The summed E-state index contributed by atoms with van der Waals surface area (Å²) >= 11 is 0. The summed E-state index contributed by atoms with van der Waals surface area (Å²) < 4.78 is 5.49. The predicted octanol–water partition coefficient (Wildman–Crippen LogP) is 1.05. The lowest BCUT2D eigenvalue weighted by atomic mass is 10.1. The van der Waals surface area contributed by atoms with Crippen molar-refractivity contribution in [3.05, 3.63) is 35.4 Å². The number of nitrogens with zero attached hydrogens (tertiary/aromatic N) is 3. The van der Waals surface area contributed by atoms with Gasteiger partial charge in [-0.25, -0.2) is 0 Å². The first kappa shape index (κ1) is 19.3. The van der Waals surface area contributed by atoms with Crippen molar-refractivity contribution in [2.45, 2.75) is 32.5 Å². The molecule has 0 bridgehead atoms. The number of aliphatic hydroxyl groups is 1. The lowest BCUT2D eigenvalue weighted by Crippen LogP contribution is -2.50. The largest absolute Gasteiger partial charge is 0.394 e. The highest BCUT2D eigenvalue weighted by Crippen LogP contribution is 2.14. The molecule has 0 aromatic heterocycles. The third-order valence-corrected chi connectivity index (χ3v) is 5.37. The zero-order valence-corrected chi connectivity index (χ0v) is 15.9. The number of benzene rings is 1. The predicted molar refractivity (Wildman–Crippen MR) is 101 cm³/mol. The van der Waals surface area contributed by atoms with E-state index in [4.69, 9.17) is 4.74 Å². The highest BCUT2D eigenvalue weighted by Gasteiger charge is 2.23. The van der Waals surface area contributed by atoms with Crippen LogP contribution < -0.4 is 0 Å². The molecule has 0 radical (unpaired) electrons. The maximum Gasteiger partial charge on any atom is 0.253 e. The fourth-order valence-electron chi connectivity index (χ4n) is 3.67. The summed E-state index contributed by atoms with van der Waals surface area (Å²) in [7, 11) is 0. The Hall–Kier alpha value is -1.47. The van der Waals surface area contributed by atoms with Gasteiger partial charge >= 0.3 is 0 Å². The first-order valence-corrected chi connectivity index (χ1v) is 9.64. The Morgan fingerprint density at radius 1 is 1.15 bits per heavy atom. The molecule has 0 saturated carbocycles. The van der Waals surface area contributed by atoms with Crippen LogP contribution in [0.15, 0.2) is 24.3 Å². The topological polar surface area (TPSA) is 56.2 Å². The van der Waals surface area contributed by atoms with Gasteiger partial charge in [-0.15, -0.1) is 0 Å². The molecule has 0 aliphatic carbocycles. The zero-order chi connectivity index (χ0) is 18.5. The minimum atomic E-state index is -0.0888. The lowest BCUT2D eigenvalue weighted by Gasteiger charge is -2.37. The van der Waals surface area contributed by atoms with Crippen molar-refractivity contribution in [1.29, 1.82) is 0 Å². The Morgan fingerprint density at radius 3 is 2.46 bits per heavy atom. The van der Waals surface area contributed by atoms with Gasteiger partial charge in [0.1, 0.15) is 0 Å². The molecule has 3 rings (SSSR count). The third-order valence-electron chi connectivity index (χ3n) is 5.37. The van der Waals surface area contributed by atoms with E-state index in [0.29, 0.717) is 12.6 Å². The van der Waals surface area contributed by atoms with Crippen LogP contribution in [0, 0.1) is 0 Å². The minimum absolute atomic E-state index is 0.0635. The second-order valence-corrected chi connectivity index (χ2v) is 7.53. The van der Waals surface area contributed by atoms with Crippen LogP contribution in [0.2, 0.25) is 0 Å². The Balaban J connectivity index is 1.53. The molecule has 2 aliphatic rings. The number of hydrogen-bond acceptors (Lipinski definition) is 5. The molecule has 1 atom stereocenters. The molecule has 6 nitrogen and oxygen atoms in total. The van der Waals surface area contributed by atoms with E-state index in [1.54, 1.807) is 0 Å². The van der Waals surface area contributed by atoms with E-state index in [9.17, 15) is 9.90 Å². The summed E-state index contributed by atoms with van der Waals surface area (Å²) in [5, 5.41) is 9.25. The van der Waals surface area contributed by atoms with E-state index >= 15 is 0 Å². The Bertz CT molecular complexity index is 582. The van der Waals surface area contributed by atoms with Gasteiger partial charge in [-0.1, -0.05) is 12.1 Å². The molecule has 2 heterocycles. The van der Waals surface area contributed by atoms with Gasteiger partial charge in [0.15, 0.2) is 0 Å². The van der Waals surface area contributed by atoms with Crippen molar-refractivity contribution in [3.63, 3.8) is 0 Å². The SMILES string of the molecule is CC(C)N1CCN(C(=O)c2ccc(CN3CCOC(CO)C3)cc2)CC1. The summed E-state index contributed by atoms with van der Waals surface area (Å²) in [4.78, 5) is 19.4. The van der Waals surface area contributed by atoms with Gasteiger partial charge in [-0.05, 0) is 31.5 Å². The third kappa shape index (κ3) is 4.82. The molecule has 1 amide bonds. The first-order valence-electron chi connectivity index (χ1n) is 9.64. The smallest absolute Gasteiger partial charge is 0.253 e. The number of carbonyl (C=O) groups excluding carboxylic acids is 1. The second-order valence-electron chi connectivity index (χ2n) is 7.53. The van der Waals surface area contributed by atoms with Crippen LogP contribution >= 0.6 is 0 Å². The normalized spacial score (nSPS) is 22.8. The van der Waals surface area contributed by atoms with Gasteiger partial charge in [-0.2, -0.15) is 0 Å². The van der Waals surface area contributed by atoms with Crippen molar-refractivity contribution >= 4 is 5.91 Å². The fraction of sp³-hybridized carbons (Fsp3) is 0.650. The van der Waals surface area contributed by atoms with Crippen molar-refractivity contribution in [1.82, 2.24) is 14.7 Å². The van der Waals surface area contributed by atoms with E-state index in [-0.39, 0.29) is 18.6 Å². The van der Waals surface area contributed by atoms with Crippen LogP contribution in [0.3, 0.4) is 0 Å². The van der Waals surface area contributed by atoms with Gasteiger partial charge in [0, 0.05) is 57.4 Å². The van der Waals surface area contributed by atoms with Crippen LogP contribution in [-0.2, 0) is 11.3 Å². The summed E-state index contributed by atoms with van der Waals surface area (Å²) in [6, 6.07) is 8.51. The number of carbonyl (C=O) groups is 1. The van der Waals surface area contributed by atoms with Gasteiger partial charge in [0.05, 0.1) is 19.3 Å². The molecular weight excluding hydrogens is 330 g/mol. The molecule has 26 heavy (non-hydrogen) atoms. The monoisotopic (exact) mass is 361 g/mol. The molecule has 2 aliphatic heterocycles. The van der Waals surface area contributed by atoms with E-state index < -0.39 is 0 Å². The summed E-state index contributed by atoms with van der Waals surface area (Å²) in [5.41, 5.74) is 1.95. The fourth-order valence-corrected chi connectivity index (χ4v) is 3.67. The van der Waals surface area contributed by atoms with Gasteiger partial charge in [0.25, 0.3) is 5.91 Å². The molecule has 0 spiro atoms. The average Bonchev–Trinajstić information content (AvgIpc) is 2.68. The van der Waals surface area contributed by atoms with E-state index in [1.807, 2.05) is 29.2 Å². The maximum atomic E-state index is 12.7. The molecule has 1 aromatic carbocycles. The Labute approximate surface area is 156 Å². The number of piperazine rings is 1. The minimum Gasteiger partial charge on any atom is -0.394 e. The van der Waals surface area contributed by atoms with E-state index in [2.05, 4.69) is 23.6 Å². The van der Waals surface area contributed by atoms with Gasteiger partial charge in [-0.3, -0.25) is 14.6 Å². The first-order chi connectivity index (χ1) is 12.6. The summed E-state index contributed by atoms with van der Waals surface area (Å²) in [6.45, 7) is 11.1.